The van der Waals surface area contributed by atoms with Crippen LogP contribution in [-0.2, 0) is 19.9 Å². The van der Waals surface area contributed by atoms with Gasteiger partial charge >= 0.3 is 5.97 Å². The quantitative estimate of drug-likeness (QED) is 0.163. The summed E-state index contributed by atoms with van der Waals surface area (Å²) in [6.07, 6.45) is 1.47. The first-order chi connectivity index (χ1) is 20.8. The lowest BCUT2D eigenvalue weighted by Crippen LogP contribution is -2.46. The van der Waals surface area contributed by atoms with Gasteiger partial charge in [-0.1, -0.05) is 105 Å². The van der Waals surface area contributed by atoms with Gasteiger partial charge in [0.25, 0.3) is 5.91 Å². The minimum absolute atomic E-state index is 0.142. The fraction of sp³-hybridized carbons (Fsp3) is 0.257. The lowest BCUT2D eigenvalue weighted by atomic mass is 9.76. The van der Waals surface area contributed by atoms with Crippen LogP contribution in [-0.4, -0.2) is 65.4 Å². The number of rotatable bonds is 10. The Morgan fingerprint density at radius 1 is 0.860 bits per heavy atom. The van der Waals surface area contributed by atoms with Crippen molar-refractivity contribution in [2.45, 2.75) is 31.5 Å². The molecule has 1 saturated heterocycles. The molecule has 3 aromatic carbocycles. The van der Waals surface area contributed by atoms with E-state index < -0.39 is 23.5 Å². The predicted molar refractivity (Wildman–Crippen MR) is 165 cm³/mol. The normalized spacial score (nSPS) is 16.7. The number of amides is 2. The highest BCUT2D eigenvalue weighted by molar-refractivity contribution is 5.98. The fourth-order valence-corrected chi connectivity index (χ4v) is 5.89. The zero-order valence-corrected chi connectivity index (χ0v) is 24.8. The molecule has 0 radical (unpaired) electrons. The standard InChI is InChI=1S/C35H36N4O4/c1-24(2)31(34(42)43-4)38(3)33(41)29-21-20-28(22-36-29)37-32(40)30-23-39(30)35(25-14-8-5-9-15-25,26-16-10-6-11-17-26)27-18-12-7-13-19-27/h5-22,24,30-31H,23H2,1-4H3,(H,37,40)/t30-,31-,39?/m0/s1. The van der Waals surface area contributed by atoms with Crippen molar-refractivity contribution in [3.63, 3.8) is 0 Å². The lowest BCUT2D eigenvalue weighted by Gasteiger charge is -2.38. The molecule has 0 spiro atoms. The average Bonchev–Trinajstić information content (AvgIpc) is 3.84. The number of hydrogen-bond acceptors (Lipinski definition) is 6. The van der Waals surface area contributed by atoms with Crippen LogP contribution >= 0.6 is 0 Å². The Balaban J connectivity index is 1.38. The number of pyridine rings is 1. The van der Waals surface area contributed by atoms with E-state index in [2.05, 4.69) is 51.6 Å². The van der Waals surface area contributed by atoms with Crippen LogP contribution in [0.4, 0.5) is 5.69 Å². The molecule has 1 aromatic heterocycles. The smallest absolute Gasteiger partial charge is 0.328 e. The molecule has 8 nitrogen and oxygen atoms in total. The number of ether oxygens (including phenoxy) is 1. The summed E-state index contributed by atoms with van der Waals surface area (Å²) < 4.78 is 4.88. The van der Waals surface area contributed by atoms with Crippen LogP contribution in [0.3, 0.4) is 0 Å². The molecule has 220 valence electrons. The van der Waals surface area contributed by atoms with Crippen LogP contribution in [0, 0.1) is 5.92 Å². The van der Waals surface area contributed by atoms with Gasteiger partial charge in [-0.15, -0.1) is 0 Å². The molecule has 0 bridgehead atoms. The fourth-order valence-electron chi connectivity index (χ4n) is 5.89. The molecule has 2 amide bonds. The molecule has 1 N–H and O–H groups in total. The van der Waals surface area contributed by atoms with E-state index in [-0.39, 0.29) is 23.6 Å². The SMILES string of the molecule is COC(=O)[C@H](C(C)C)N(C)C(=O)c1ccc(NC(=O)[C@@H]2CN2C(c2ccccc2)(c2ccccc2)c2ccccc2)cn1. The van der Waals surface area contributed by atoms with Crippen LogP contribution < -0.4 is 5.32 Å². The van der Waals surface area contributed by atoms with Gasteiger partial charge in [-0.3, -0.25) is 14.5 Å². The number of nitrogens with one attached hydrogen (secondary N) is 1. The summed E-state index contributed by atoms with van der Waals surface area (Å²) >= 11 is 0. The first kappa shape index (κ1) is 29.7. The number of benzene rings is 3. The number of esters is 1. The number of aromatic nitrogens is 1. The molecule has 5 rings (SSSR count). The van der Waals surface area contributed by atoms with E-state index in [0.717, 1.165) is 16.7 Å². The predicted octanol–water partition coefficient (Wildman–Crippen LogP) is 4.97. The van der Waals surface area contributed by atoms with Crippen LogP contribution in [0.2, 0.25) is 0 Å². The van der Waals surface area contributed by atoms with Gasteiger partial charge in [0, 0.05) is 13.6 Å². The van der Waals surface area contributed by atoms with Crippen LogP contribution in [0.25, 0.3) is 0 Å². The topological polar surface area (TPSA) is 91.6 Å². The molecule has 4 aromatic rings. The van der Waals surface area contributed by atoms with E-state index in [0.29, 0.717) is 12.2 Å². The number of nitrogens with zero attached hydrogens (tertiary/aromatic N) is 3. The van der Waals surface area contributed by atoms with E-state index in [1.807, 2.05) is 68.4 Å². The van der Waals surface area contributed by atoms with Crippen molar-refractivity contribution in [3.05, 3.63) is 132 Å². The third-order valence-corrected chi connectivity index (χ3v) is 7.98. The van der Waals surface area contributed by atoms with Crippen molar-refractivity contribution in [3.8, 4) is 0 Å². The van der Waals surface area contributed by atoms with Gasteiger partial charge in [0.2, 0.25) is 5.91 Å². The Hall–Kier alpha value is -4.82. The minimum atomic E-state index is -0.737. The molecule has 3 atom stereocenters. The second-order valence-electron chi connectivity index (χ2n) is 11.0. The largest absolute Gasteiger partial charge is 0.467 e. The van der Waals surface area contributed by atoms with Gasteiger partial charge in [0.15, 0.2) is 0 Å². The van der Waals surface area contributed by atoms with E-state index in [9.17, 15) is 14.4 Å². The van der Waals surface area contributed by atoms with Gasteiger partial charge in [-0.25, -0.2) is 9.78 Å². The summed E-state index contributed by atoms with van der Waals surface area (Å²) in [5.74, 6) is -1.19. The average molecular weight is 577 g/mol. The van der Waals surface area contributed by atoms with Crippen LogP contribution in [0.5, 0.6) is 0 Å². The monoisotopic (exact) mass is 576 g/mol. The maximum Gasteiger partial charge on any atom is 0.328 e. The van der Waals surface area contributed by atoms with E-state index in [4.69, 9.17) is 4.74 Å². The molecule has 0 aliphatic carbocycles. The first-order valence-electron chi connectivity index (χ1n) is 14.3. The molecule has 8 heteroatoms. The highest BCUT2D eigenvalue weighted by Crippen LogP contribution is 2.48. The first-order valence-corrected chi connectivity index (χ1v) is 14.3. The summed E-state index contributed by atoms with van der Waals surface area (Å²) in [5.41, 5.74) is 3.19. The summed E-state index contributed by atoms with van der Waals surface area (Å²) in [7, 11) is 2.86. The van der Waals surface area contributed by atoms with E-state index >= 15 is 0 Å². The highest BCUT2D eigenvalue weighted by Gasteiger charge is 2.56. The highest BCUT2D eigenvalue weighted by atomic mass is 16.5. The van der Waals surface area contributed by atoms with Crippen LogP contribution in [0.15, 0.2) is 109 Å². The van der Waals surface area contributed by atoms with Crippen molar-refractivity contribution in [2.24, 2.45) is 5.92 Å². The Bertz CT molecular complexity index is 1460. The third-order valence-electron chi connectivity index (χ3n) is 7.98. The molecule has 1 unspecified atom stereocenters. The van der Waals surface area contributed by atoms with Crippen molar-refractivity contribution in [2.75, 3.05) is 26.0 Å². The second kappa shape index (κ2) is 12.6. The molecule has 43 heavy (non-hydrogen) atoms. The maximum absolute atomic E-state index is 13.6. The second-order valence-corrected chi connectivity index (χ2v) is 11.0. The molecule has 0 saturated carbocycles. The lowest BCUT2D eigenvalue weighted by molar-refractivity contribution is -0.147. The van der Waals surface area contributed by atoms with E-state index in [1.165, 1.54) is 18.2 Å². The Labute approximate surface area is 252 Å². The number of methoxy groups -OCH3 is 1. The number of hydrogen-bond donors (Lipinski definition) is 1. The number of carbonyl (C=O) groups is 3. The number of likely N-dealkylation sites (N-methyl/N-ethyl adjacent to an activating group) is 1. The Morgan fingerprint density at radius 2 is 1.37 bits per heavy atom. The van der Waals surface area contributed by atoms with Gasteiger partial charge in [0.05, 0.1) is 24.5 Å². The van der Waals surface area contributed by atoms with Crippen molar-refractivity contribution < 1.29 is 19.1 Å². The van der Waals surface area contributed by atoms with Crippen LogP contribution in [0.1, 0.15) is 41.0 Å². The van der Waals surface area contributed by atoms with Crippen molar-refractivity contribution >= 4 is 23.5 Å². The third kappa shape index (κ3) is 5.79. The zero-order chi connectivity index (χ0) is 30.6. The van der Waals surface area contributed by atoms with Gasteiger partial charge in [-0.2, -0.15) is 0 Å². The molecular weight excluding hydrogens is 540 g/mol. The van der Waals surface area contributed by atoms with Crippen molar-refractivity contribution in [1.29, 1.82) is 0 Å². The van der Waals surface area contributed by atoms with E-state index in [1.54, 1.807) is 19.2 Å². The molecule has 1 aliphatic heterocycles. The minimum Gasteiger partial charge on any atom is -0.467 e. The summed E-state index contributed by atoms with van der Waals surface area (Å²) in [6.45, 7) is 4.25. The summed E-state index contributed by atoms with van der Waals surface area (Å²) in [5, 5.41) is 2.98. The summed E-state index contributed by atoms with van der Waals surface area (Å²) in [6, 6.07) is 32.8. The van der Waals surface area contributed by atoms with Gasteiger partial charge in [-0.05, 0) is 34.7 Å². The zero-order valence-electron chi connectivity index (χ0n) is 24.8. The van der Waals surface area contributed by atoms with Gasteiger partial charge < -0.3 is 15.0 Å². The maximum atomic E-state index is 13.6. The Morgan fingerprint density at radius 3 is 1.79 bits per heavy atom. The van der Waals surface area contributed by atoms with Gasteiger partial charge in [0.1, 0.15) is 17.8 Å². The molecular formula is C35H36N4O4. The Kier molecular flexibility index (Phi) is 8.68. The number of anilines is 1. The molecule has 1 fully saturated rings. The molecule has 1 aliphatic rings. The summed E-state index contributed by atoms with van der Waals surface area (Å²) in [4.78, 5) is 46.8. The number of carbonyl (C=O) groups excluding carboxylic acids is 3. The van der Waals surface area contributed by atoms with Crippen molar-refractivity contribution in [1.82, 2.24) is 14.8 Å². The molecule has 2 heterocycles.